The van der Waals surface area contributed by atoms with Crippen LogP contribution in [0.2, 0.25) is 0 Å². The lowest BCUT2D eigenvalue weighted by molar-refractivity contribution is 0.170. The maximum absolute atomic E-state index is 9.62. The van der Waals surface area contributed by atoms with Gasteiger partial charge < -0.3 is 9.47 Å². The Labute approximate surface area is 40.5 Å². The highest BCUT2D eigenvalue weighted by molar-refractivity contribution is 5.50. The maximum atomic E-state index is 9.62. The summed E-state index contributed by atoms with van der Waals surface area (Å²) in [5.74, 6) is 1.76. The molecule has 0 aliphatic carbocycles. The Kier molecular flexibility index (Phi) is 1.11. The third-order valence-electron chi connectivity index (χ3n) is 0.587. The predicted molar refractivity (Wildman–Crippen MR) is 20.5 cm³/mol. The van der Waals surface area contributed by atoms with E-state index in [1.807, 2.05) is 0 Å². The summed E-state index contributed by atoms with van der Waals surface area (Å²) in [6, 6.07) is 0. The molecule has 0 N–H and O–H groups in total. The van der Waals surface area contributed by atoms with E-state index in [-0.39, 0.29) is 12.4 Å². The standard InChI is InChI=1S/C4H3O3/c5-1-4-2-6-3-7-4/h3H,2H2. The average Bonchev–Trinajstić information content (AvgIpc) is 2.14. The molecule has 1 fully saturated rings. The van der Waals surface area contributed by atoms with E-state index in [0.717, 1.165) is 6.79 Å². The Morgan fingerprint density at radius 1 is 1.86 bits per heavy atom. The average molecular weight is 99.1 g/mol. The van der Waals surface area contributed by atoms with E-state index in [0.29, 0.717) is 0 Å². The molecule has 37 valence electrons. The van der Waals surface area contributed by atoms with Gasteiger partial charge in [-0.2, -0.15) is 0 Å². The molecule has 0 amide bonds. The minimum absolute atomic E-state index is 0.208. The van der Waals surface area contributed by atoms with Crippen LogP contribution in [0.25, 0.3) is 0 Å². The van der Waals surface area contributed by atoms with Crippen LogP contribution in [0.1, 0.15) is 0 Å². The molecule has 0 aromatic carbocycles. The van der Waals surface area contributed by atoms with Gasteiger partial charge in [0.25, 0.3) is 6.79 Å². The Bertz CT molecular complexity index is 104. The fraction of sp³-hybridized carbons (Fsp3) is 0.250. The Morgan fingerprint density at radius 2 is 2.71 bits per heavy atom. The van der Waals surface area contributed by atoms with Crippen LogP contribution in [-0.2, 0) is 14.3 Å². The van der Waals surface area contributed by atoms with E-state index >= 15 is 0 Å². The maximum Gasteiger partial charge on any atom is 0.264 e. The molecule has 1 saturated heterocycles. The normalized spacial score (nSPS) is 18.6. The van der Waals surface area contributed by atoms with Crippen molar-refractivity contribution in [2.45, 2.75) is 0 Å². The first-order valence-corrected chi connectivity index (χ1v) is 1.77. The van der Waals surface area contributed by atoms with E-state index in [4.69, 9.17) is 0 Å². The van der Waals surface area contributed by atoms with Gasteiger partial charge in [-0.15, -0.1) is 0 Å². The van der Waals surface area contributed by atoms with Crippen LogP contribution >= 0.6 is 0 Å². The number of hydrogen-bond donors (Lipinski definition) is 0. The van der Waals surface area contributed by atoms with Crippen LogP contribution < -0.4 is 0 Å². The van der Waals surface area contributed by atoms with Crippen LogP contribution in [-0.4, -0.2) is 12.5 Å². The zero-order chi connectivity index (χ0) is 5.11. The van der Waals surface area contributed by atoms with Crippen LogP contribution in [0.15, 0.2) is 5.76 Å². The SMILES string of the molecule is O=C=C1CO[CH]O1. The highest BCUT2D eigenvalue weighted by Crippen LogP contribution is 2.05. The largest absolute Gasteiger partial charge is 0.448 e. The fourth-order valence-corrected chi connectivity index (χ4v) is 0.289. The van der Waals surface area contributed by atoms with Gasteiger partial charge >= 0.3 is 0 Å². The van der Waals surface area contributed by atoms with Crippen LogP contribution in [0.4, 0.5) is 0 Å². The van der Waals surface area contributed by atoms with Crippen LogP contribution in [0.5, 0.6) is 0 Å². The van der Waals surface area contributed by atoms with E-state index < -0.39 is 0 Å². The minimum atomic E-state index is 0.208. The predicted octanol–water partition coefficient (Wildman–Crippen LogP) is -0.132. The second kappa shape index (κ2) is 1.78. The Morgan fingerprint density at radius 3 is 3.00 bits per heavy atom. The molecular weight excluding hydrogens is 96.0 g/mol. The molecule has 0 aromatic rings. The first-order chi connectivity index (χ1) is 3.43. The van der Waals surface area contributed by atoms with Crippen molar-refractivity contribution in [2.75, 3.05) is 6.61 Å². The van der Waals surface area contributed by atoms with Crippen LogP contribution in [0.3, 0.4) is 0 Å². The second-order valence-corrected chi connectivity index (χ2v) is 1.05. The van der Waals surface area contributed by atoms with Crippen molar-refractivity contribution in [2.24, 2.45) is 0 Å². The quantitative estimate of drug-likeness (QED) is 0.397. The summed E-state index contributed by atoms with van der Waals surface area (Å²) in [6.45, 7) is 1.34. The smallest absolute Gasteiger partial charge is 0.264 e. The molecule has 0 bridgehead atoms. The van der Waals surface area contributed by atoms with Crippen molar-refractivity contribution >= 4 is 5.94 Å². The minimum Gasteiger partial charge on any atom is -0.448 e. The van der Waals surface area contributed by atoms with Gasteiger partial charge in [0.05, 0.1) is 0 Å². The van der Waals surface area contributed by atoms with Gasteiger partial charge in [-0.25, -0.2) is 4.79 Å². The molecule has 7 heavy (non-hydrogen) atoms. The summed E-state index contributed by atoms with van der Waals surface area (Å²) < 4.78 is 8.95. The van der Waals surface area contributed by atoms with Gasteiger partial charge in [0.1, 0.15) is 6.61 Å². The third-order valence-corrected chi connectivity index (χ3v) is 0.587. The first kappa shape index (κ1) is 4.37. The molecule has 1 aliphatic rings. The van der Waals surface area contributed by atoms with E-state index in [1.165, 1.54) is 0 Å². The van der Waals surface area contributed by atoms with Crippen molar-refractivity contribution < 1.29 is 14.3 Å². The molecule has 0 atom stereocenters. The van der Waals surface area contributed by atoms with Gasteiger partial charge in [0.2, 0.25) is 5.76 Å². The topological polar surface area (TPSA) is 35.5 Å². The highest BCUT2D eigenvalue weighted by Gasteiger charge is 2.07. The Balaban J connectivity index is 2.57. The van der Waals surface area contributed by atoms with Crippen molar-refractivity contribution in [3.05, 3.63) is 12.6 Å². The number of carbonyl (C=O) groups excluding carboxylic acids is 1. The second-order valence-electron chi connectivity index (χ2n) is 1.05. The molecule has 0 unspecified atom stereocenters. The van der Waals surface area contributed by atoms with Crippen molar-refractivity contribution in [1.29, 1.82) is 0 Å². The molecule has 3 heteroatoms. The highest BCUT2D eigenvalue weighted by atomic mass is 16.7. The number of ether oxygens (including phenoxy) is 2. The molecule has 1 rings (SSSR count). The molecule has 0 spiro atoms. The summed E-state index contributed by atoms with van der Waals surface area (Å²) in [6.07, 6.45) is 0. The fourth-order valence-electron chi connectivity index (χ4n) is 0.289. The summed E-state index contributed by atoms with van der Waals surface area (Å²) in [7, 11) is 0. The van der Waals surface area contributed by atoms with E-state index in [1.54, 1.807) is 5.94 Å². The third kappa shape index (κ3) is 0.796. The molecule has 3 nitrogen and oxygen atoms in total. The molecule has 0 aromatic heterocycles. The molecule has 1 aliphatic heterocycles. The lowest BCUT2D eigenvalue weighted by atomic mass is 10.6. The van der Waals surface area contributed by atoms with Crippen molar-refractivity contribution in [1.82, 2.24) is 0 Å². The van der Waals surface area contributed by atoms with E-state index in [9.17, 15) is 4.79 Å². The van der Waals surface area contributed by atoms with Crippen LogP contribution in [0, 0.1) is 6.79 Å². The van der Waals surface area contributed by atoms with Gasteiger partial charge in [-0.3, -0.25) is 0 Å². The van der Waals surface area contributed by atoms with Crippen molar-refractivity contribution in [3.8, 4) is 0 Å². The van der Waals surface area contributed by atoms with Gasteiger partial charge in [-0.05, 0) is 0 Å². The number of hydrogen-bond acceptors (Lipinski definition) is 3. The molecule has 1 radical (unpaired) electrons. The lowest BCUT2D eigenvalue weighted by Gasteiger charge is -1.79. The zero-order valence-electron chi connectivity index (χ0n) is 3.51. The van der Waals surface area contributed by atoms with Gasteiger partial charge in [-0.1, -0.05) is 0 Å². The molecule has 0 saturated carbocycles. The monoisotopic (exact) mass is 99.0 g/mol. The molecule has 1 heterocycles. The molecular formula is C4H3O3. The summed E-state index contributed by atoms with van der Waals surface area (Å²) >= 11 is 0. The summed E-state index contributed by atoms with van der Waals surface area (Å²) in [5.41, 5.74) is 0. The Hall–Kier alpha value is -0.790. The zero-order valence-corrected chi connectivity index (χ0v) is 3.51. The van der Waals surface area contributed by atoms with Gasteiger partial charge in [0, 0.05) is 0 Å². The van der Waals surface area contributed by atoms with Crippen molar-refractivity contribution in [3.63, 3.8) is 0 Å². The number of rotatable bonds is 0. The summed E-state index contributed by atoms with van der Waals surface area (Å²) in [4.78, 5) is 9.62. The summed E-state index contributed by atoms with van der Waals surface area (Å²) in [5, 5.41) is 0. The van der Waals surface area contributed by atoms with Gasteiger partial charge in [0.15, 0.2) is 5.94 Å². The lowest BCUT2D eigenvalue weighted by Crippen LogP contribution is -1.80. The first-order valence-electron chi connectivity index (χ1n) is 1.77. The van der Waals surface area contributed by atoms with E-state index in [2.05, 4.69) is 9.47 Å².